The number of likely N-dealkylation sites (tertiary alicyclic amines) is 2. The van der Waals surface area contributed by atoms with Gasteiger partial charge in [-0.05, 0) is 83.4 Å². The summed E-state index contributed by atoms with van der Waals surface area (Å²) in [6.07, 6.45) is 20.0. The molecule has 8 atom stereocenters. The molecule has 5 aliphatic rings. The minimum Gasteiger partial charge on any atom is -0.377 e. The number of ether oxygens (including phenoxy) is 1. The second-order valence-corrected chi connectivity index (χ2v) is 16.3. The van der Waals surface area contributed by atoms with E-state index in [1.54, 1.807) is 4.90 Å². The van der Waals surface area contributed by atoms with Gasteiger partial charge in [-0.15, -0.1) is 11.6 Å². The molecule has 2 heterocycles. The first-order chi connectivity index (χ1) is 23.0. The Morgan fingerprint density at radius 1 is 1.04 bits per heavy atom. The van der Waals surface area contributed by atoms with E-state index in [0.717, 1.165) is 57.9 Å². The lowest BCUT2D eigenvalue weighted by atomic mass is 9.54. The first-order valence-electron chi connectivity index (χ1n) is 19.7. The standard InChI is InChI=1S/C37H61ClN4O3.C3H8/c1-5-33(43)42-24-22-35(44,23-25-42)21-18-31-34(28-16-17-32(30(38)26-28)45-29-14-10-9-11-15-29)36(27(3)39)19-12-7-8-13-20-37(36,40-6-2)41(31)4;1-3-2/h5,27-32,34,40,44H,1,6-17,19-20,22-26,39H2,2-4H3;3H2,1-2H3. The lowest BCUT2D eigenvalue weighted by Crippen LogP contribution is -2.68. The molecule has 0 aromatic heterocycles. The summed E-state index contributed by atoms with van der Waals surface area (Å²) >= 11 is 7.28. The number of hydrogen-bond acceptors (Lipinski definition) is 6. The number of aliphatic hydroxyl groups is 1. The van der Waals surface area contributed by atoms with E-state index in [-0.39, 0.29) is 46.5 Å². The van der Waals surface area contributed by atoms with Crippen LogP contribution in [0.25, 0.3) is 0 Å². The number of piperidine rings is 1. The smallest absolute Gasteiger partial charge is 0.245 e. The van der Waals surface area contributed by atoms with Gasteiger partial charge in [-0.2, -0.15) is 0 Å². The minimum absolute atomic E-state index is 0.0201. The molecule has 1 amide bonds. The maximum atomic E-state index is 12.2. The second-order valence-electron chi connectivity index (χ2n) is 15.8. The van der Waals surface area contributed by atoms with Crippen LogP contribution in [0.3, 0.4) is 0 Å². The Hall–Kier alpha value is -1.14. The van der Waals surface area contributed by atoms with Crippen LogP contribution in [0.5, 0.6) is 0 Å². The van der Waals surface area contributed by atoms with Gasteiger partial charge in [0.05, 0.1) is 29.3 Å². The van der Waals surface area contributed by atoms with Crippen molar-refractivity contribution in [3.63, 3.8) is 0 Å². The average molecular weight is 689 g/mol. The number of amides is 1. The fourth-order valence-electron chi connectivity index (χ4n) is 10.3. The van der Waals surface area contributed by atoms with E-state index in [4.69, 9.17) is 22.1 Å². The van der Waals surface area contributed by atoms with Gasteiger partial charge >= 0.3 is 0 Å². The zero-order chi connectivity index (χ0) is 35.0. The van der Waals surface area contributed by atoms with E-state index in [2.05, 4.69) is 63.4 Å². The predicted molar refractivity (Wildman–Crippen MR) is 199 cm³/mol. The molecule has 8 heteroatoms. The molecule has 48 heavy (non-hydrogen) atoms. The van der Waals surface area contributed by atoms with E-state index in [1.165, 1.54) is 51.0 Å². The van der Waals surface area contributed by atoms with Crippen LogP contribution in [0, 0.1) is 29.1 Å². The van der Waals surface area contributed by atoms with Gasteiger partial charge in [-0.1, -0.05) is 90.6 Å². The maximum absolute atomic E-state index is 12.2. The Bertz CT molecular complexity index is 1090. The molecule has 8 unspecified atom stereocenters. The van der Waals surface area contributed by atoms with Crippen molar-refractivity contribution < 1.29 is 14.6 Å². The number of fused-ring (bicyclic) bond motifs is 1. The SMILES string of the molecule is C=CC(=O)N1CCC(O)(C#CC2C(C3CCC(OC4CCCCC4)C(Cl)C3)C3(C(C)N)CCCCCCC3(NCC)N2C)CC1.CCC. The van der Waals surface area contributed by atoms with Gasteiger partial charge in [0.1, 0.15) is 5.60 Å². The van der Waals surface area contributed by atoms with Crippen molar-refractivity contribution in [3.8, 4) is 11.8 Å². The summed E-state index contributed by atoms with van der Waals surface area (Å²) in [5.41, 5.74) is 5.67. The highest BCUT2D eigenvalue weighted by molar-refractivity contribution is 6.21. The highest BCUT2D eigenvalue weighted by Crippen LogP contribution is 2.62. The van der Waals surface area contributed by atoms with Crippen LogP contribution in [0.4, 0.5) is 0 Å². The molecule has 4 N–H and O–H groups in total. The Labute approximate surface area is 298 Å². The van der Waals surface area contributed by atoms with Gasteiger partial charge in [0.2, 0.25) is 5.91 Å². The molecule has 2 aliphatic heterocycles. The van der Waals surface area contributed by atoms with E-state index in [1.807, 2.05) is 0 Å². The summed E-state index contributed by atoms with van der Waals surface area (Å²) < 4.78 is 6.68. The monoisotopic (exact) mass is 689 g/mol. The number of nitrogens with one attached hydrogen (secondary N) is 1. The summed E-state index contributed by atoms with van der Waals surface area (Å²) in [6, 6.07) is -0.0928. The van der Waals surface area contributed by atoms with Gasteiger partial charge in [0.15, 0.2) is 0 Å². The molecule has 7 nitrogen and oxygen atoms in total. The van der Waals surface area contributed by atoms with Crippen molar-refractivity contribution >= 4 is 17.5 Å². The Morgan fingerprint density at radius 3 is 2.25 bits per heavy atom. The highest BCUT2D eigenvalue weighted by atomic mass is 35.5. The number of hydrogen-bond donors (Lipinski definition) is 3. The topological polar surface area (TPSA) is 91.1 Å². The third kappa shape index (κ3) is 8.32. The van der Waals surface area contributed by atoms with Crippen LogP contribution in [-0.2, 0) is 9.53 Å². The van der Waals surface area contributed by atoms with Crippen LogP contribution in [-0.4, -0.2) is 88.4 Å². The molecule has 0 aromatic rings. The number of nitrogens with zero attached hydrogens (tertiary/aromatic N) is 2. The number of nitrogens with two attached hydrogens (primary N) is 1. The summed E-state index contributed by atoms with van der Waals surface area (Å²) in [4.78, 5) is 16.5. The van der Waals surface area contributed by atoms with E-state index < -0.39 is 5.60 Å². The van der Waals surface area contributed by atoms with Crippen LogP contribution in [0.1, 0.15) is 137 Å². The molecule has 0 aromatic carbocycles. The van der Waals surface area contributed by atoms with Gasteiger partial charge in [-0.25, -0.2) is 0 Å². The zero-order valence-corrected chi connectivity index (χ0v) is 31.8. The molecule has 5 fully saturated rings. The fourth-order valence-corrected chi connectivity index (χ4v) is 10.8. The Kier molecular flexibility index (Phi) is 14.8. The molecular formula is C40H69ClN4O3. The maximum Gasteiger partial charge on any atom is 0.245 e. The quantitative estimate of drug-likeness (QED) is 0.152. The van der Waals surface area contributed by atoms with Gasteiger partial charge in [0, 0.05) is 37.4 Å². The van der Waals surface area contributed by atoms with Gasteiger partial charge in [0.25, 0.3) is 0 Å². The lowest BCUT2D eigenvalue weighted by molar-refractivity contribution is -0.128. The second kappa shape index (κ2) is 17.9. The Morgan fingerprint density at radius 2 is 1.67 bits per heavy atom. The van der Waals surface area contributed by atoms with Crippen LogP contribution in [0.15, 0.2) is 12.7 Å². The van der Waals surface area contributed by atoms with Crippen LogP contribution in [0.2, 0.25) is 0 Å². The molecule has 3 saturated carbocycles. The number of halogens is 1. The van der Waals surface area contributed by atoms with Crippen molar-refractivity contribution in [2.45, 2.75) is 178 Å². The minimum atomic E-state index is -1.11. The first-order valence-corrected chi connectivity index (χ1v) is 20.2. The van der Waals surface area contributed by atoms with Crippen LogP contribution < -0.4 is 11.1 Å². The van der Waals surface area contributed by atoms with E-state index in [9.17, 15) is 9.90 Å². The number of alkyl halides is 1. The van der Waals surface area contributed by atoms with E-state index >= 15 is 0 Å². The summed E-state index contributed by atoms with van der Waals surface area (Å²) in [7, 11) is 2.26. The summed E-state index contributed by atoms with van der Waals surface area (Å²) in [6.45, 7) is 14.2. The van der Waals surface area contributed by atoms with Crippen molar-refractivity contribution in [1.29, 1.82) is 0 Å². The van der Waals surface area contributed by atoms with Crippen molar-refractivity contribution in [2.75, 3.05) is 26.7 Å². The molecule has 0 bridgehead atoms. The largest absolute Gasteiger partial charge is 0.377 e. The van der Waals surface area contributed by atoms with Crippen molar-refractivity contribution in [3.05, 3.63) is 12.7 Å². The molecule has 0 radical (unpaired) electrons. The molecule has 0 spiro atoms. The molecule has 274 valence electrons. The van der Waals surface area contributed by atoms with E-state index in [0.29, 0.717) is 38.0 Å². The van der Waals surface area contributed by atoms with Crippen LogP contribution >= 0.6 is 11.6 Å². The fraction of sp³-hybridized carbons (Fsp3) is 0.875. The van der Waals surface area contributed by atoms with Gasteiger partial charge in [-0.3, -0.25) is 15.0 Å². The number of carbonyl (C=O) groups excluding carboxylic acids is 1. The number of carbonyl (C=O) groups is 1. The lowest BCUT2D eigenvalue weighted by Gasteiger charge is -2.56. The summed E-state index contributed by atoms with van der Waals surface area (Å²) in [5, 5.41) is 15.7. The van der Waals surface area contributed by atoms with Crippen molar-refractivity contribution in [1.82, 2.24) is 15.1 Å². The Balaban J connectivity index is 0.00000167. The zero-order valence-electron chi connectivity index (χ0n) is 31.1. The molecular weight excluding hydrogens is 620 g/mol. The van der Waals surface area contributed by atoms with Crippen molar-refractivity contribution in [2.24, 2.45) is 23.0 Å². The molecule has 3 aliphatic carbocycles. The first kappa shape index (κ1) is 39.6. The highest BCUT2D eigenvalue weighted by Gasteiger charge is 2.68. The normalized spacial score (nSPS) is 36.7. The average Bonchev–Trinajstić information content (AvgIpc) is 3.26. The molecule has 5 rings (SSSR count). The molecule has 2 saturated heterocycles. The van der Waals surface area contributed by atoms with Gasteiger partial charge < -0.3 is 20.5 Å². The third-order valence-electron chi connectivity index (χ3n) is 12.6. The predicted octanol–water partition coefficient (Wildman–Crippen LogP) is 6.99. The third-order valence-corrected chi connectivity index (χ3v) is 13.1. The number of rotatable bonds is 7. The summed E-state index contributed by atoms with van der Waals surface area (Å²) in [5.74, 6) is 7.66.